The molecule has 0 bridgehead atoms. The molecule has 0 aromatic carbocycles. The van der Waals surface area contributed by atoms with Crippen LogP contribution in [0.5, 0.6) is 0 Å². The van der Waals surface area contributed by atoms with Crippen molar-refractivity contribution < 1.29 is 0 Å². The molecule has 1 rings (SSSR count). The predicted molar refractivity (Wildman–Crippen MR) is 65.4 cm³/mol. The normalized spacial score (nSPS) is 11.3. The molecule has 1 N–H and O–H groups in total. The van der Waals surface area contributed by atoms with E-state index in [4.69, 9.17) is 0 Å². The van der Waals surface area contributed by atoms with E-state index in [9.17, 15) is 0 Å². The molecule has 0 spiro atoms. The summed E-state index contributed by atoms with van der Waals surface area (Å²) in [7, 11) is 2.17. The van der Waals surface area contributed by atoms with Crippen LogP contribution in [0.25, 0.3) is 0 Å². The molecule has 0 atom stereocenters. The largest absolute Gasteiger partial charge is 0.360 e. The lowest BCUT2D eigenvalue weighted by Gasteiger charge is -2.20. The average Bonchev–Trinajstić information content (AvgIpc) is 2.69. The Kier molecular flexibility index (Phi) is 5.57. The first-order valence-electron chi connectivity index (χ1n) is 5.40. The predicted octanol–water partition coefficient (Wildman–Crippen LogP) is 2.07. The number of nitrogens with one attached hydrogen (secondary N) is 1. The Labute approximate surface area is 95.7 Å². The Morgan fingerprint density at radius 3 is 2.87 bits per heavy atom. The van der Waals surface area contributed by atoms with E-state index in [1.165, 1.54) is 12.8 Å². The highest BCUT2D eigenvalue weighted by Gasteiger charge is 2.01. The fraction of sp³-hybridized carbons (Fsp3) is 0.800. The molecule has 0 aliphatic rings. The van der Waals surface area contributed by atoms with Gasteiger partial charge in [-0.2, -0.15) is 0 Å². The van der Waals surface area contributed by atoms with E-state index in [2.05, 4.69) is 41.3 Å². The monoisotopic (exact) mass is 228 g/mol. The number of aromatic nitrogens is 2. The summed E-state index contributed by atoms with van der Waals surface area (Å²) in [4.78, 5) is 2.37. The molecule has 4 nitrogen and oxygen atoms in total. The first kappa shape index (κ1) is 12.4. The van der Waals surface area contributed by atoms with Crippen molar-refractivity contribution in [3.05, 3.63) is 5.51 Å². The lowest BCUT2D eigenvalue weighted by atomic mass is 10.2. The standard InChI is InChI=1S/C10H20N4S/c1-9(2)14(3)7-5-4-6-11-10-13-12-8-15-10/h8-9H,4-7H2,1-3H3,(H,11,13). The first-order chi connectivity index (χ1) is 7.20. The van der Waals surface area contributed by atoms with Crippen molar-refractivity contribution in [1.82, 2.24) is 15.1 Å². The second-order valence-corrected chi connectivity index (χ2v) is 4.79. The minimum Gasteiger partial charge on any atom is -0.360 e. The van der Waals surface area contributed by atoms with Crippen LogP contribution in [-0.2, 0) is 0 Å². The van der Waals surface area contributed by atoms with E-state index >= 15 is 0 Å². The summed E-state index contributed by atoms with van der Waals surface area (Å²) in [5.41, 5.74) is 1.74. The highest BCUT2D eigenvalue weighted by molar-refractivity contribution is 7.13. The molecular weight excluding hydrogens is 208 g/mol. The Morgan fingerprint density at radius 2 is 2.27 bits per heavy atom. The van der Waals surface area contributed by atoms with E-state index in [1.807, 2.05) is 0 Å². The Hall–Kier alpha value is -0.680. The van der Waals surface area contributed by atoms with Crippen LogP contribution in [0.2, 0.25) is 0 Å². The van der Waals surface area contributed by atoms with Gasteiger partial charge in [0.15, 0.2) is 0 Å². The molecule has 1 heterocycles. The second-order valence-electron chi connectivity index (χ2n) is 3.95. The first-order valence-corrected chi connectivity index (χ1v) is 6.28. The van der Waals surface area contributed by atoms with Gasteiger partial charge in [0, 0.05) is 12.6 Å². The van der Waals surface area contributed by atoms with Crippen LogP contribution in [0.4, 0.5) is 5.13 Å². The molecule has 0 aliphatic carbocycles. The van der Waals surface area contributed by atoms with Gasteiger partial charge in [0.2, 0.25) is 5.13 Å². The third kappa shape index (κ3) is 5.09. The number of hydrogen-bond donors (Lipinski definition) is 1. The molecule has 5 heteroatoms. The van der Waals surface area contributed by atoms with Crippen molar-refractivity contribution in [3.63, 3.8) is 0 Å². The van der Waals surface area contributed by atoms with Crippen LogP contribution >= 0.6 is 11.3 Å². The molecule has 1 aromatic heterocycles. The third-order valence-corrected chi connectivity index (χ3v) is 3.10. The number of nitrogens with zero attached hydrogens (tertiary/aromatic N) is 3. The van der Waals surface area contributed by atoms with Gasteiger partial charge in [-0.25, -0.2) is 0 Å². The zero-order valence-electron chi connectivity index (χ0n) is 9.73. The minimum atomic E-state index is 0.640. The molecule has 1 aromatic rings. The van der Waals surface area contributed by atoms with E-state index in [-0.39, 0.29) is 0 Å². The summed E-state index contributed by atoms with van der Waals surface area (Å²) < 4.78 is 0. The van der Waals surface area contributed by atoms with Gasteiger partial charge in [-0.3, -0.25) is 0 Å². The Morgan fingerprint density at radius 1 is 1.47 bits per heavy atom. The summed E-state index contributed by atoms with van der Waals surface area (Å²) in [5, 5.41) is 11.9. The average molecular weight is 228 g/mol. The number of hydrogen-bond acceptors (Lipinski definition) is 5. The maximum Gasteiger partial charge on any atom is 0.205 e. The molecule has 0 amide bonds. The topological polar surface area (TPSA) is 41.0 Å². The molecule has 15 heavy (non-hydrogen) atoms. The van der Waals surface area contributed by atoms with Gasteiger partial charge >= 0.3 is 0 Å². The van der Waals surface area contributed by atoms with E-state index in [1.54, 1.807) is 16.8 Å². The van der Waals surface area contributed by atoms with E-state index < -0.39 is 0 Å². The van der Waals surface area contributed by atoms with Crippen LogP contribution in [0.1, 0.15) is 26.7 Å². The quantitative estimate of drug-likeness (QED) is 0.725. The summed E-state index contributed by atoms with van der Waals surface area (Å²) >= 11 is 1.55. The zero-order valence-corrected chi connectivity index (χ0v) is 10.5. The van der Waals surface area contributed by atoms with Crippen molar-refractivity contribution in [3.8, 4) is 0 Å². The van der Waals surface area contributed by atoms with Crippen LogP contribution < -0.4 is 5.32 Å². The van der Waals surface area contributed by atoms with Crippen molar-refractivity contribution in [2.45, 2.75) is 32.7 Å². The highest BCUT2D eigenvalue weighted by atomic mass is 32.1. The van der Waals surface area contributed by atoms with Crippen molar-refractivity contribution in [1.29, 1.82) is 0 Å². The van der Waals surface area contributed by atoms with Crippen LogP contribution in [0.15, 0.2) is 5.51 Å². The molecule has 0 saturated carbocycles. The van der Waals surface area contributed by atoms with Gasteiger partial charge < -0.3 is 10.2 Å². The van der Waals surface area contributed by atoms with Crippen LogP contribution in [0, 0.1) is 0 Å². The van der Waals surface area contributed by atoms with Crippen LogP contribution in [0.3, 0.4) is 0 Å². The lowest BCUT2D eigenvalue weighted by Crippen LogP contribution is -2.27. The van der Waals surface area contributed by atoms with E-state index in [0.29, 0.717) is 6.04 Å². The van der Waals surface area contributed by atoms with Gasteiger partial charge in [0.05, 0.1) is 0 Å². The molecule has 0 aliphatic heterocycles. The van der Waals surface area contributed by atoms with Crippen LogP contribution in [-0.4, -0.2) is 41.3 Å². The van der Waals surface area contributed by atoms with Gasteiger partial charge in [0.1, 0.15) is 5.51 Å². The molecule has 86 valence electrons. The second kappa shape index (κ2) is 6.74. The summed E-state index contributed by atoms with van der Waals surface area (Å²) in [6.45, 7) is 6.59. The van der Waals surface area contributed by atoms with E-state index in [0.717, 1.165) is 18.2 Å². The number of unbranched alkanes of at least 4 members (excludes halogenated alkanes) is 1. The van der Waals surface area contributed by atoms with Gasteiger partial charge in [-0.15, -0.1) is 10.2 Å². The minimum absolute atomic E-state index is 0.640. The van der Waals surface area contributed by atoms with Crippen molar-refractivity contribution in [2.24, 2.45) is 0 Å². The van der Waals surface area contributed by atoms with Crippen molar-refractivity contribution in [2.75, 3.05) is 25.5 Å². The van der Waals surface area contributed by atoms with Gasteiger partial charge in [0.25, 0.3) is 0 Å². The fourth-order valence-corrected chi connectivity index (χ4v) is 1.66. The number of anilines is 1. The molecule has 0 saturated heterocycles. The van der Waals surface area contributed by atoms with Gasteiger partial charge in [-0.05, 0) is 40.3 Å². The van der Waals surface area contributed by atoms with Gasteiger partial charge in [-0.1, -0.05) is 11.3 Å². The highest BCUT2D eigenvalue weighted by Crippen LogP contribution is 2.07. The number of rotatable bonds is 7. The summed E-state index contributed by atoms with van der Waals surface area (Å²) in [5.74, 6) is 0. The Balaban J connectivity index is 1.98. The molecule has 0 radical (unpaired) electrons. The maximum atomic E-state index is 3.92. The lowest BCUT2D eigenvalue weighted by molar-refractivity contribution is 0.269. The molecule has 0 fully saturated rings. The SMILES string of the molecule is CC(C)N(C)CCCCNc1nncs1. The fourth-order valence-electron chi connectivity index (χ4n) is 1.19. The van der Waals surface area contributed by atoms with Crippen molar-refractivity contribution >= 4 is 16.5 Å². The molecule has 0 unspecified atom stereocenters. The zero-order chi connectivity index (χ0) is 11.1. The Bertz CT molecular complexity index is 248. The third-order valence-electron chi connectivity index (χ3n) is 2.46. The molecular formula is C10H20N4S. The summed E-state index contributed by atoms with van der Waals surface area (Å²) in [6.07, 6.45) is 2.40. The summed E-state index contributed by atoms with van der Waals surface area (Å²) in [6, 6.07) is 0.640. The smallest absolute Gasteiger partial charge is 0.205 e. The maximum absolute atomic E-state index is 3.92.